The SMILES string of the molecule is CCN(Cc1c(F)cccc1Cl)c1c(N)cc(C(F)(F)F)cc1N. The lowest BCUT2D eigenvalue weighted by molar-refractivity contribution is -0.137. The van der Waals surface area contributed by atoms with Crippen molar-refractivity contribution in [1.82, 2.24) is 0 Å². The zero-order valence-corrected chi connectivity index (χ0v) is 13.5. The summed E-state index contributed by atoms with van der Waals surface area (Å²) in [7, 11) is 0. The number of alkyl halides is 3. The summed E-state index contributed by atoms with van der Waals surface area (Å²) >= 11 is 6.00. The first-order chi connectivity index (χ1) is 11.1. The Morgan fingerprint density at radius 2 is 1.71 bits per heavy atom. The Bertz CT molecular complexity index is 703. The molecule has 8 heteroatoms. The Hall–Kier alpha value is -2.15. The Labute approximate surface area is 141 Å². The van der Waals surface area contributed by atoms with Crippen LogP contribution in [0, 0.1) is 5.82 Å². The van der Waals surface area contributed by atoms with Crippen molar-refractivity contribution in [3.63, 3.8) is 0 Å². The van der Waals surface area contributed by atoms with Crippen LogP contribution in [0.3, 0.4) is 0 Å². The van der Waals surface area contributed by atoms with Crippen molar-refractivity contribution in [3.05, 3.63) is 52.3 Å². The third-order valence-corrected chi connectivity index (χ3v) is 3.96. The average Bonchev–Trinajstić information content (AvgIpc) is 2.47. The monoisotopic (exact) mass is 361 g/mol. The van der Waals surface area contributed by atoms with Crippen LogP contribution in [0.5, 0.6) is 0 Å². The summed E-state index contributed by atoms with van der Waals surface area (Å²) in [5.74, 6) is -0.509. The van der Waals surface area contributed by atoms with Crippen molar-refractivity contribution < 1.29 is 17.6 Å². The van der Waals surface area contributed by atoms with Crippen molar-refractivity contribution in [1.29, 1.82) is 0 Å². The number of nitrogen functional groups attached to an aromatic ring is 2. The summed E-state index contributed by atoms with van der Waals surface area (Å²) in [6.07, 6.45) is -4.55. The summed E-state index contributed by atoms with van der Waals surface area (Å²) in [6, 6.07) is 5.90. The normalized spacial score (nSPS) is 11.6. The Kier molecular flexibility index (Phi) is 5.13. The fourth-order valence-electron chi connectivity index (χ4n) is 2.43. The minimum absolute atomic E-state index is 0.0295. The van der Waals surface area contributed by atoms with Gasteiger partial charge in [-0.2, -0.15) is 13.2 Å². The molecule has 2 rings (SSSR count). The van der Waals surface area contributed by atoms with Gasteiger partial charge in [0.1, 0.15) is 5.82 Å². The quantitative estimate of drug-likeness (QED) is 0.613. The van der Waals surface area contributed by atoms with Crippen LogP contribution in [-0.2, 0) is 12.7 Å². The molecular formula is C16H16ClF4N3. The summed E-state index contributed by atoms with van der Waals surface area (Å²) < 4.78 is 52.4. The number of hydrogen-bond donors (Lipinski definition) is 2. The number of nitrogens with zero attached hydrogens (tertiary/aromatic N) is 1. The minimum Gasteiger partial charge on any atom is -0.397 e. The molecule has 0 saturated heterocycles. The molecule has 0 bridgehead atoms. The smallest absolute Gasteiger partial charge is 0.397 e. The summed E-state index contributed by atoms with van der Waals surface area (Å²) in [5, 5.41) is 0.220. The van der Waals surface area contributed by atoms with Gasteiger partial charge >= 0.3 is 6.18 Å². The second-order valence-corrected chi connectivity index (χ2v) is 5.62. The molecule has 0 saturated carbocycles. The van der Waals surface area contributed by atoms with Crippen LogP contribution in [0.15, 0.2) is 30.3 Å². The van der Waals surface area contributed by atoms with Gasteiger partial charge in [0.25, 0.3) is 0 Å². The third-order valence-electron chi connectivity index (χ3n) is 3.60. The lowest BCUT2D eigenvalue weighted by Gasteiger charge is -2.27. The fourth-order valence-corrected chi connectivity index (χ4v) is 2.65. The second kappa shape index (κ2) is 6.76. The molecule has 0 fully saturated rings. The molecule has 0 aliphatic carbocycles. The number of hydrogen-bond acceptors (Lipinski definition) is 3. The second-order valence-electron chi connectivity index (χ2n) is 5.22. The summed E-state index contributed by atoms with van der Waals surface area (Å²) in [5.41, 5.74) is 10.8. The molecule has 2 aromatic rings. The number of halogens is 5. The van der Waals surface area contributed by atoms with Gasteiger partial charge in [-0.15, -0.1) is 0 Å². The lowest BCUT2D eigenvalue weighted by Crippen LogP contribution is -2.25. The van der Waals surface area contributed by atoms with Gasteiger partial charge in [-0.25, -0.2) is 4.39 Å². The third kappa shape index (κ3) is 3.67. The van der Waals surface area contributed by atoms with Gasteiger partial charge in [0.05, 0.1) is 22.6 Å². The molecule has 0 atom stereocenters. The molecule has 0 spiro atoms. The van der Waals surface area contributed by atoms with Gasteiger partial charge < -0.3 is 16.4 Å². The molecule has 0 aliphatic rings. The standard InChI is InChI=1S/C16H16ClF4N3/c1-2-24(8-10-11(17)4-3-5-12(10)18)15-13(22)6-9(7-14(15)23)16(19,20)21/h3-7H,2,8,22-23H2,1H3. The van der Waals surface area contributed by atoms with E-state index >= 15 is 0 Å². The fraction of sp³-hybridized carbons (Fsp3) is 0.250. The maximum Gasteiger partial charge on any atom is 0.416 e. The molecule has 24 heavy (non-hydrogen) atoms. The molecule has 2 aromatic carbocycles. The van der Waals surface area contributed by atoms with Gasteiger partial charge in [0, 0.05) is 23.7 Å². The highest BCUT2D eigenvalue weighted by Crippen LogP contribution is 2.39. The van der Waals surface area contributed by atoms with E-state index in [1.54, 1.807) is 11.8 Å². The van der Waals surface area contributed by atoms with Gasteiger partial charge in [0.15, 0.2) is 0 Å². The molecule has 0 heterocycles. The number of nitrogens with two attached hydrogens (primary N) is 2. The van der Waals surface area contributed by atoms with E-state index in [4.69, 9.17) is 23.1 Å². The molecule has 4 N–H and O–H groups in total. The Morgan fingerprint density at radius 1 is 1.12 bits per heavy atom. The van der Waals surface area contributed by atoms with E-state index < -0.39 is 17.6 Å². The Balaban J connectivity index is 2.45. The predicted octanol–water partition coefficient (Wildman–Crippen LogP) is 4.69. The molecule has 0 unspecified atom stereocenters. The molecule has 0 aliphatic heterocycles. The van der Waals surface area contributed by atoms with E-state index in [-0.39, 0.29) is 34.2 Å². The first-order valence-electron chi connectivity index (χ1n) is 7.09. The van der Waals surface area contributed by atoms with E-state index in [9.17, 15) is 17.6 Å². The van der Waals surface area contributed by atoms with Crippen LogP contribution in [0.1, 0.15) is 18.1 Å². The molecule has 0 aromatic heterocycles. The van der Waals surface area contributed by atoms with E-state index in [0.717, 1.165) is 12.1 Å². The zero-order valence-electron chi connectivity index (χ0n) is 12.8. The van der Waals surface area contributed by atoms with Crippen molar-refractivity contribution in [2.75, 3.05) is 22.9 Å². The summed E-state index contributed by atoms with van der Waals surface area (Å²) in [4.78, 5) is 1.58. The number of rotatable bonds is 4. The van der Waals surface area contributed by atoms with Gasteiger partial charge in [-0.3, -0.25) is 0 Å². The lowest BCUT2D eigenvalue weighted by atomic mass is 10.1. The van der Waals surface area contributed by atoms with Crippen LogP contribution >= 0.6 is 11.6 Å². The van der Waals surface area contributed by atoms with E-state index in [2.05, 4.69) is 0 Å². The van der Waals surface area contributed by atoms with Crippen LogP contribution in [-0.4, -0.2) is 6.54 Å². The van der Waals surface area contributed by atoms with Crippen LogP contribution < -0.4 is 16.4 Å². The topological polar surface area (TPSA) is 55.3 Å². The van der Waals surface area contributed by atoms with Crippen LogP contribution in [0.2, 0.25) is 5.02 Å². The number of benzene rings is 2. The molecule has 0 amide bonds. The van der Waals surface area contributed by atoms with Crippen molar-refractivity contribution in [2.24, 2.45) is 0 Å². The Morgan fingerprint density at radius 3 is 2.17 bits per heavy atom. The maximum atomic E-state index is 14.0. The maximum absolute atomic E-state index is 14.0. The van der Waals surface area contributed by atoms with Crippen LogP contribution in [0.25, 0.3) is 0 Å². The van der Waals surface area contributed by atoms with E-state index in [0.29, 0.717) is 6.54 Å². The average molecular weight is 362 g/mol. The van der Waals surface area contributed by atoms with E-state index in [1.165, 1.54) is 18.2 Å². The van der Waals surface area contributed by atoms with Crippen molar-refractivity contribution in [2.45, 2.75) is 19.6 Å². The van der Waals surface area contributed by atoms with Gasteiger partial charge in [-0.05, 0) is 31.2 Å². The highest BCUT2D eigenvalue weighted by Gasteiger charge is 2.32. The zero-order chi connectivity index (χ0) is 18.1. The van der Waals surface area contributed by atoms with Gasteiger partial charge in [-0.1, -0.05) is 17.7 Å². The highest BCUT2D eigenvalue weighted by molar-refractivity contribution is 6.31. The number of anilines is 3. The largest absolute Gasteiger partial charge is 0.416 e. The minimum atomic E-state index is -4.55. The highest BCUT2D eigenvalue weighted by atomic mass is 35.5. The van der Waals surface area contributed by atoms with E-state index in [1.807, 2.05) is 0 Å². The van der Waals surface area contributed by atoms with Crippen LogP contribution in [0.4, 0.5) is 34.6 Å². The molecule has 3 nitrogen and oxygen atoms in total. The molecule has 130 valence electrons. The summed E-state index contributed by atoms with van der Waals surface area (Å²) in [6.45, 7) is 2.14. The molecular weight excluding hydrogens is 346 g/mol. The predicted molar refractivity (Wildman–Crippen MR) is 88.4 cm³/mol. The molecule has 0 radical (unpaired) electrons. The first kappa shape index (κ1) is 18.2. The first-order valence-corrected chi connectivity index (χ1v) is 7.47. The van der Waals surface area contributed by atoms with Gasteiger partial charge in [0.2, 0.25) is 0 Å². The van der Waals surface area contributed by atoms with Crippen molar-refractivity contribution >= 4 is 28.7 Å². The van der Waals surface area contributed by atoms with Crippen molar-refractivity contribution in [3.8, 4) is 0 Å².